The molecule has 19 heavy (non-hydrogen) atoms. The summed E-state index contributed by atoms with van der Waals surface area (Å²) in [5.74, 6) is -0.499. The molecule has 2 heterocycles. The minimum Gasteiger partial charge on any atom is -0.462 e. The van der Waals surface area contributed by atoms with Crippen LogP contribution in [0.15, 0.2) is 12.3 Å². The number of carbonyl (C=O) groups excluding carboxylic acids is 1. The van der Waals surface area contributed by atoms with Crippen molar-refractivity contribution < 1.29 is 9.53 Å². The van der Waals surface area contributed by atoms with E-state index in [4.69, 9.17) is 16.3 Å². The molecule has 2 rings (SSSR count). The molecule has 102 valence electrons. The van der Waals surface area contributed by atoms with Crippen molar-refractivity contribution in [1.29, 1.82) is 0 Å². The van der Waals surface area contributed by atoms with Gasteiger partial charge in [0.05, 0.1) is 12.3 Å². The van der Waals surface area contributed by atoms with E-state index in [0.717, 1.165) is 5.69 Å². The number of hydrogen-bond acceptors (Lipinski definition) is 5. The van der Waals surface area contributed by atoms with Crippen molar-refractivity contribution in [3.8, 4) is 0 Å². The first kappa shape index (κ1) is 13.8. The molecular weight excluding hydrogens is 268 g/mol. The van der Waals surface area contributed by atoms with E-state index in [0.29, 0.717) is 5.65 Å². The molecule has 2 aromatic rings. The van der Waals surface area contributed by atoms with Gasteiger partial charge >= 0.3 is 5.97 Å². The van der Waals surface area contributed by atoms with Crippen LogP contribution in [0.25, 0.3) is 5.65 Å². The highest BCUT2D eigenvalue weighted by Crippen LogP contribution is 2.18. The second-order valence-corrected chi connectivity index (χ2v) is 4.41. The molecule has 0 unspecified atom stereocenters. The van der Waals surface area contributed by atoms with Crippen LogP contribution in [0, 0.1) is 0 Å². The molecule has 0 aromatic carbocycles. The van der Waals surface area contributed by atoms with Gasteiger partial charge in [0.15, 0.2) is 5.65 Å². The summed E-state index contributed by atoms with van der Waals surface area (Å²) in [7, 11) is 1.85. The predicted molar refractivity (Wildman–Crippen MR) is 71.4 cm³/mol. The van der Waals surface area contributed by atoms with Gasteiger partial charge in [0.1, 0.15) is 10.7 Å². The summed E-state index contributed by atoms with van der Waals surface area (Å²) in [6, 6.07) is 1.91. The van der Waals surface area contributed by atoms with Crippen molar-refractivity contribution in [1.82, 2.24) is 19.9 Å². The molecule has 2 aromatic heterocycles. The fourth-order valence-corrected chi connectivity index (χ4v) is 1.84. The van der Waals surface area contributed by atoms with Gasteiger partial charge in [-0.1, -0.05) is 11.6 Å². The van der Waals surface area contributed by atoms with Gasteiger partial charge in [-0.3, -0.25) is 0 Å². The summed E-state index contributed by atoms with van der Waals surface area (Å²) in [5, 5.41) is 7.56. The maximum absolute atomic E-state index is 11.7. The summed E-state index contributed by atoms with van der Waals surface area (Å²) in [6.07, 6.45) is 1.54. The molecule has 0 radical (unpaired) electrons. The van der Waals surface area contributed by atoms with Crippen LogP contribution in [0.5, 0.6) is 0 Å². The topological polar surface area (TPSA) is 68.5 Å². The van der Waals surface area contributed by atoms with Crippen LogP contribution >= 0.6 is 11.6 Å². The smallest absolute Gasteiger partial charge is 0.342 e. The first-order valence-electron chi connectivity index (χ1n) is 5.97. The van der Waals surface area contributed by atoms with Gasteiger partial charge in [0.2, 0.25) is 0 Å². The third-order valence-corrected chi connectivity index (χ3v) is 3.08. The van der Waals surface area contributed by atoms with Crippen molar-refractivity contribution in [3.05, 3.63) is 28.7 Å². The van der Waals surface area contributed by atoms with Crippen LogP contribution in [0.1, 0.15) is 35.9 Å². The molecule has 1 N–H and O–H groups in total. The van der Waals surface area contributed by atoms with Crippen LogP contribution in [0.4, 0.5) is 0 Å². The molecule has 0 fully saturated rings. The van der Waals surface area contributed by atoms with Crippen LogP contribution in [0.3, 0.4) is 0 Å². The van der Waals surface area contributed by atoms with Gasteiger partial charge in [0.25, 0.3) is 0 Å². The van der Waals surface area contributed by atoms with Gasteiger partial charge in [-0.05, 0) is 20.9 Å². The molecule has 0 bridgehead atoms. The number of nitrogens with zero attached hydrogens (tertiary/aromatic N) is 3. The van der Waals surface area contributed by atoms with Crippen LogP contribution in [-0.2, 0) is 4.74 Å². The number of carbonyl (C=O) groups is 1. The fourth-order valence-electron chi connectivity index (χ4n) is 1.62. The summed E-state index contributed by atoms with van der Waals surface area (Å²) in [6.45, 7) is 4.00. The number of esters is 1. The highest BCUT2D eigenvalue weighted by molar-refractivity contribution is 6.32. The summed E-state index contributed by atoms with van der Waals surface area (Å²) >= 11 is 5.99. The first-order valence-corrected chi connectivity index (χ1v) is 6.34. The molecular formula is C12H15ClN4O2. The normalized spacial score (nSPS) is 12.6. The lowest BCUT2D eigenvalue weighted by molar-refractivity contribution is 0.0525. The molecule has 0 aliphatic heterocycles. The quantitative estimate of drug-likeness (QED) is 0.684. The molecule has 0 saturated carbocycles. The van der Waals surface area contributed by atoms with Gasteiger partial charge in [0, 0.05) is 18.3 Å². The van der Waals surface area contributed by atoms with Gasteiger partial charge in [-0.2, -0.15) is 5.10 Å². The number of hydrogen-bond donors (Lipinski definition) is 1. The molecule has 0 spiro atoms. The second kappa shape index (κ2) is 5.54. The van der Waals surface area contributed by atoms with Crippen molar-refractivity contribution in [2.24, 2.45) is 0 Å². The third kappa shape index (κ3) is 2.69. The van der Waals surface area contributed by atoms with Crippen molar-refractivity contribution >= 4 is 23.2 Å². The monoisotopic (exact) mass is 282 g/mol. The van der Waals surface area contributed by atoms with E-state index >= 15 is 0 Å². The highest BCUT2D eigenvalue weighted by atomic mass is 35.5. The standard InChI is InChI=1S/C12H15ClN4O2/c1-4-19-12(18)8-6-17-10(15-11(8)13)5-9(16-17)7(2)14-3/h5-7,14H,4H2,1-3H3/t7-/m0/s1. The molecule has 7 heteroatoms. The lowest BCUT2D eigenvalue weighted by Crippen LogP contribution is -2.13. The van der Waals surface area contributed by atoms with Crippen LogP contribution in [-0.4, -0.2) is 34.2 Å². The number of halogens is 1. The minimum absolute atomic E-state index is 0.0894. The zero-order valence-corrected chi connectivity index (χ0v) is 11.7. The molecule has 0 aliphatic carbocycles. The lowest BCUT2D eigenvalue weighted by Gasteiger charge is -2.04. The van der Waals surface area contributed by atoms with E-state index in [1.54, 1.807) is 6.92 Å². The number of fused-ring (bicyclic) bond motifs is 1. The Morgan fingerprint density at radius 1 is 1.63 bits per heavy atom. The number of ether oxygens (including phenoxy) is 1. The zero-order chi connectivity index (χ0) is 14.0. The number of aromatic nitrogens is 3. The van der Waals surface area contributed by atoms with E-state index in [2.05, 4.69) is 15.4 Å². The Balaban J connectivity index is 2.46. The average molecular weight is 283 g/mol. The summed E-state index contributed by atoms with van der Waals surface area (Å²) in [4.78, 5) is 15.9. The van der Waals surface area contributed by atoms with E-state index in [1.165, 1.54) is 10.7 Å². The average Bonchev–Trinajstić information content (AvgIpc) is 2.79. The Bertz CT molecular complexity index is 611. The highest BCUT2D eigenvalue weighted by Gasteiger charge is 2.16. The van der Waals surface area contributed by atoms with Crippen LogP contribution < -0.4 is 5.32 Å². The summed E-state index contributed by atoms with van der Waals surface area (Å²) in [5.41, 5.74) is 1.63. The molecule has 0 amide bonds. The van der Waals surface area contributed by atoms with E-state index < -0.39 is 5.97 Å². The van der Waals surface area contributed by atoms with Gasteiger partial charge in [-0.25, -0.2) is 14.3 Å². The fraction of sp³-hybridized carbons (Fsp3) is 0.417. The molecule has 6 nitrogen and oxygen atoms in total. The van der Waals surface area contributed by atoms with E-state index in [1.807, 2.05) is 20.0 Å². The number of rotatable bonds is 4. The Morgan fingerprint density at radius 2 is 2.37 bits per heavy atom. The van der Waals surface area contributed by atoms with E-state index in [9.17, 15) is 4.79 Å². The maximum atomic E-state index is 11.7. The van der Waals surface area contributed by atoms with Crippen molar-refractivity contribution in [2.75, 3.05) is 13.7 Å². The zero-order valence-electron chi connectivity index (χ0n) is 11.0. The number of nitrogens with one attached hydrogen (secondary N) is 1. The van der Waals surface area contributed by atoms with Crippen molar-refractivity contribution in [2.45, 2.75) is 19.9 Å². The Kier molecular flexibility index (Phi) is 4.01. The predicted octanol–water partition coefficient (Wildman–Crippen LogP) is 1.84. The Morgan fingerprint density at radius 3 is 3.00 bits per heavy atom. The first-order chi connectivity index (χ1) is 9.06. The summed E-state index contributed by atoms with van der Waals surface area (Å²) < 4.78 is 6.45. The maximum Gasteiger partial charge on any atom is 0.342 e. The largest absolute Gasteiger partial charge is 0.462 e. The molecule has 0 aliphatic rings. The van der Waals surface area contributed by atoms with E-state index in [-0.39, 0.29) is 23.4 Å². The molecule has 1 atom stereocenters. The molecule has 0 saturated heterocycles. The lowest BCUT2D eigenvalue weighted by atomic mass is 10.2. The van der Waals surface area contributed by atoms with Gasteiger partial charge in [-0.15, -0.1) is 0 Å². The third-order valence-electron chi connectivity index (χ3n) is 2.79. The SMILES string of the molecule is CCOC(=O)c1cn2nc([C@H](C)NC)cc2nc1Cl. The van der Waals surface area contributed by atoms with Crippen molar-refractivity contribution in [3.63, 3.8) is 0 Å². The second-order valence-electron chi connectivity index (χ2n) is 4.05. The Hall–Kier alpha value is -1.66. The Labute approximate surface area is 115 Å². The van der Waals surface area contributed by atoms with Gasteiger partial charge < -0.3 is 10.1 Å². The minimum atomic E-state index is -0.499. The van der Waals surface area contributed by atoms with Crippen LogP contribution in [0.2, 0.25) is 5.15 Å².